The normalized spacial score (nSPS) is 32.4. The molecule has 0 aromatic heterocycles. The number of carbonyl (C=O) groups excluding carboxylic acids is 1. The fourth-order valence-corrected chi connectivity index (χ4v) is 8.14. The topological polar surface area (TPSA) is 151 Å². The van der Waals surface area contributed by atoms with Crippen molar-refractivity contribution in [1.29, 1.82) is 5.26 Å². The number of halogens is 5. The van der Waals surface area contributed by atoms with E-state index in [0.29, 0.717) is 6.07 Å². The molecule has 1 heterocycles. The number of alkyl halides is 5. The van der Waals surface area contributed by atoms with E-state index >= 15 is 0 Å². The monoisotopic (exact) mass is 579 g/mol. The Hall–Kier alpha value is -2.99. The van der Waals surface area contributed by atoms with Crippen molar-refractivity contribution in [1.82, 2.24) is 0 Å². The molecule has 0 spiro atoms. The van der Waals surface area contributed by atoms with Gasteiger partial charge in [0.1, 0.15) is 10.8 Å². The number of aliphatic carboxylic acids is 1. The Labute approximate surface area is 220 Å². The number of hydrogen-bond acceptors (Lipinski definition) is 7. The quantitative estimate of drug-likeness (QED) is 0.468. The van der Waals surface area contributed by atoms with Crippen LogP contribution in [0, 0.1) is 28.1 Å². The average Bonchev–Trinajstić information content (AvgIpc) is 3.48. The fraction of sp³-hybridized carbons (Fsp3) is 0.625. The number of carboxylic acid groups (broad SMARTS) is 1. The first-order valence-corrected chi connectivity index (χ1v) is 13.6. The van der Waals surface area contributed by atoms with Crippen molar-refractivity contribution in [2.75, 3.05) is 25.1 Å². The lowest BCUT2D eigenvalue weighted by Gasteiger charge is -2.34. The number of methoxy groups -OCH3 is 1. The van der Waals surface area contributed by atoms with E-state index in [0.717, 1.165) is 19.2 Å². The molecule has 39 heavy (non-hydrogen) atoms. The minimum atomic E-state index is -5.14. The molecule has 1 saturated heterocycles. The maximum absolute atomic E-state index is 14.1. The van der Waals surface area contributed by atoms with E-state index in [1.165, 1.54) is 4.90 Å². The minimum Gasteiger partial charge on any atom is -0.481 e. The van der Waals surface area contributed by atoms with Gasteiger partial charge in [-0.15, -0.1) is 0 Å². The first-order valence-electron chi connectivity index (χ1n) is 12.0. The number of amides is 1. The molecule has 0 radical (unpaired) electrons. The molecule has 1 amide bonds. The van der Waals surface area contributed by atoms with Crippen LogP contribution in [0.1, 0.15) is 37.7 Å². The molecule has 9 nitrogen and oxygen atoms in total. The molecule has 15 heteroatoms. The molecule has 1 aromatic rings. The van der Waals surface area contributed by atoms with Crippen LogP contribution >= 0.6 is 0 Å². The van der Waals surface area contributed by atoms with Crippen LogP contribution in [0.3, 0.4) is 0 Å². The van der Waals surface area contributed by atoms with Crippen LogP contribution in [0.5, 0.6) is 0 Å². The Bertz CT molecular complexity index is 1340. The van der Waals surface area contributed by atoms with E-state index in [2.05, 4.69) is 0 Å². The number of nitrogens with two attached hydrogens (primary N) is 1. The number of primary amides is 1. The second-order valence-electron chi connectivity index (χ2n) is 10.4. The van der Waals surface area contributed by atoms with Gasteiger partial charge in [-0.2, -0.15) is 18.4 Å². The third-order valence-electron chi connectivity index (χ3n) is 8.40. The second-order valence-corrected chi connectivity index (χ2v) is 12.6. The Morgan fingerprint density at radius 1 is 1.21 bits per heavy atom. The molecule has 3 fully saturated rings. The smallest absolute Gasteiger partial charge is 0.417 e. The summed E-state index contributed by atoms with van der Waals surface area (Å²) in [6.07, 6.45) is -9.06. The number of nitrogens with zero attached hydrogens (tertiary/aromatic N) is 2. The zero-order valence-electron chi connectivity index (χ0n) is 20.7. The number of piperidine rings is 1. The van der Waals surface area contributed by atoms with Gasteiger partial charge in [0, 0.05) is 44.6 Å². The molecule has 2 unspecified atom stereocenters. The second kappa shape index (κ2) is 9.29. The number of carboxylic acids is 1. The molecule has 0 bridgehead atoms. The highest BCUT2D eigenvalue weighted by Gasteiger charge is 2.75. The van der Waals surface area contributed by atoms with Gasteiger partial charge >= 0.3 is 12.1 Å². The van der Waals surface area contributed by atoms with Gasteiger partial charge in [0.2, 0.25) is 5.91 Å². The number of hydrogen-bond donors (Lipinski definition) is 2. The van der Waals surface area contributed by atoms with Crippen molar-refractivity contribution >= 4 is 27.4 Å². The van der Waals surface area contributed by atoms with E-state index in [4.69, 9.17) is 10.5 Å². The first-order chi connectivity index (χ1) is 18.0. The third kappa shape index (κ3) is 4.61. The number of benzene rings is 1. The Morgan fingerprint density at radius 2 is 1.82 bits per heavy atom. The number of ether oxygens (including phenoxy) is 1. The van der Waals surface area contributed by atoms with E-state index < -0.39 is 98.1 Å². The molecular formula is C24H26F5N3O6S. The Kier molecular flexibility index (Phi) is 6.91. The summed E-state index contributed by atoms with van der Waals surface area (Å²) in [5, 5.41) is 18.0. The fourth-order valence-electron chi connectivity index (χ4n) is 6.12. The van der Waals surface area contributed by atoms with E-state index in [1.807, 2.05) is 0 Å². The van der Waals surface area contributed by atoms with Gasteiger partial charge in [-0.05, 0) is 37.5 Å². The summed E-state index contributed by atoms with van der Waals surface area (Å²) in [4.78, 5) is 24.7. The summed E-state index contributed by atoms with van der Waals surface area (Å²) < 4.78 is 102. The van der Waals surface area contributed by atoms with Crippen LogP contribution in [0.2, 0.25) is 0 Å². The van der Waals surface area contributed by atoms with Gasteiger partial charge in [-0.3, -0.25) is 9.59 Å². The molecule has 5 atom stereocenters. The van der Waals surface area contributed by atoms with Crippen molar-refractivity contribution < 1.29 is 49.8 Å². The van der Waals surface area contributed by atoms with Gasteiger partial charge in [-0.25, -0.2) is 17.2 Å². The maximum atomic E-state index is 14.1. The SMILES string of the molecule is CO[C@@H]1C[C@H](S(=O)(=O)c2ccc(N3CCC(F)(F)CC3)cc2C(F)(F)F)C[C@@]1(C(=O)O)C1CC1(C#N)C(N)=O. The van der Waals surface area contributed by atoms with Gasteiger partial charge in [0.05, 0.1) is 27.9 Å². The van der Waals surface area contributed by atoms with Crippen molar-refractivity contribution in [3.05, 3.63) is 23.8 Å². The Balaban J connectivity index is 1.73. The lowest BCUT2D eigenvalue weighted by Crippen LogP contribution is -2.44. The zero-order valence-corrected chi connectivity index (χ0v) is 21.5. The predicted molar refractivity (Wildman–Crippen MR) is 124 cm³/mol. The van der Waals surface area contributed by atoms with Gasteiger partial charge in [-0.1, -0.05) is 0 Å². The van der Waals surface area contributed by atoms with E-state index in [-0.39, 0.29) is 25.2 Å². The number of anilines is 1. The number of carbonyl (C=O) groups is 2. The summed E-state index contributed by atoms with van der Waals surface area (Å²) in [7, 11) is -3.73. The third-order valence-corrected chi connectivity index (χ3v) is 10.6. The molecular weight excluding hydrogens is 553 g/mol. The lowest BCUT2D eigenvalue weighted by molar-refractivity contribution is -0.159. The molecule has 2 saturated carbocycles. The summed E-state index contributed by atoms with van der Waals surface area (Å²) in [5.74, 6) is -6.77. The van der Waals surface area contributed by atoms with Crippen LogP contribution in [0.4, 0.5) is 27.6 Å². The summed E-state index contributed by atoms with van der Waals surface area (Å²) in [5.41, 5.74) is -0.170. The van der Waals surface area contributed by atoms with Crippen LogP contribution in [-0.2, 0) is 30.3 Å². The molecule has 1 aromatic carbocycles. The molecule has 3 aliphatic rings. The van der Waals surface area contributed by atoms with Gasteiger partial charge < -0.3 is 20.5 Å². The van der Waals surface area contributed by atoms with Crippen molar-refractivity contribution in [3.63, 3.8) is 0 Å². The van der Waals surface area contributed by atoms with Crippen molar-refractivity contribution in [2.45, 2.75) is 60.5 Å². The minimum absolute atomic E-state index is 0.0731. The largest absolute Gasteiger partial charge is 0.481 e. The highest BCUT2D eigenvalue weighted by atomic mass is 32.2. The predicted octanol–water partition coefficient (Wildman–Crippen LogP) is 2.98. The molecule has 214 valence electrons. The summed E-state index contributed by atoms with van der Waals surface area (Å²) in [6, 6.07) is 4.17. The van der Waals surface area contributed by atoms with Crippen molar-refractivity contribution in [2.24, 2.45) is 22.5 Å². The number of nitriles is 1. The lowest BCUT2D eigenvalue weighted by atomic mass is 9.75. The standard InChI is InChI=1S/C24H26F5N3O6S/c1-38-18-9-14(10-23(18,20(34)35)17-11-21(17,12-30)19(31)33)39(36,37)16-3-2-13(8-15(16)24(27,28)29)32-6-4-22(25,26)5-7-32/h2-3,8,14,17-18H,4-7,9-11H2,1H3,(H2,31,33)(H,34,35)/t14-,17?,18+,21?,23+/m0/s1. The molecule has 3 N–H and O–H groups in total. The van der Waals surface area contributed by atoms with Gasteiger partial charge in [0.15, 0.2) is 9.84 Å². The summed E-state index contributed by atoms with van der Waals surface area (Å²) in [6.45, 7) is -0.449. The van der Waals surface area contributed by atoms with Crippen molar-refractivity contribution in [3.8, 4) is 6.07 Å². The van der Waals surface area contributed by atoms with E-state index in [1.54, 1.807) is 6.07 Å². The highest BCUT2D eigenvalue weighted by molar-refractivity contribution is 7.92. The molecule has 1 aliphatic heterocycles. The van der Waals surface area contributed by atoms with Crippen LogP contribution < -0.4 is 10.6 Å². The van der Waals surface area contributed by atoms with E-state index in [9.17, 15) is 50.3 Å². The highest BCUT2D eigenvalue weighted by Crippen LogP contribution is 2.66. The number of sulfone groups is 1. The van der Waals surface area contributed by atoms with Gasteiger partial charge in [0.25, 0.3) is 5.92 Å². The van der Waals surface area contributed by atoms with Crippen LogP contribution in [0.25, 0.3) is 0 Å². The molecule has 4 rings (SSSR count). The first kappa shape index (κ1) is 29.0. The van der Waals surface area contributed by atoms with Crippen LogP contribution in [-0.4, -0.2) is 62.9 Å². The summed E-state index contributed by atoms with van der Waals surface area (Å²) >= 11 is 0. The average molecular weight is 580 g/mol. The molecule has 2 aliphatic carbocycles. The Morgan fingerprint density at radius 3 is 2.28 bits per heavy atom. The van der Waals surface area contributed by atoms with Crippen LogP contribution in [0.15, 0.2) is 23.1 Å². The maximum Gasteiger partial charge on any atom is 0.417 e. The zero-order chi connectivity index (χ0) is 29.2. The number of rotatable bonds is 7.